The van der Waals surface area contributed by atoms with Gasteiger partial charge in [0, 0.05) is 6.54 Å². The predicted molar refractivity (Wildman–Crippen MR) is 89.6 cm³/mol. The maximum atomic E-state index is 13.0. The molecule has 22 heavy (non-hydrogen) atoms. The Balaban J connectivity index is 2.05. The van der Waals surface area contributed by atoms with Crippen LogP contribution in [0, 0.1) is 0 Å². The van der Waals surface area contributed by atoms with Crippen molar-refractivity contribution in [2.24, 2.45) is 5.73 Å². The molecule has 5 nitrogen and oxygen atoms in total. The van der Waals surface area contributed by atoms with Crippen LogP contribution in [-0.4, -0.2) is 21.5 Å². The summed E-state index contributed by atoms with van der Waals surface area (Å²) in [6.45, 7) is 1.01. The van der Waals surface area contributed by atoms with Gasteiger partial charge in [0.2, 0.25) is 0 Å². The molecule has 2 N–H and O–H groups in total. The zero-order valence-electron chi connectivity index (χ0n) is 12.2. The van der Waals surface area contributed by atoms with Crippen molar-refractivity contribution in [3.05, 3.63) is 54.6 Å². The van der Waals surface area contributed by atoms with Crippen molar-refractivity contribution in [3.8, 4) is 0 Å². The molecule has 2 aromatic rings. The van der Waals surface area contributed by atoms with E-state index in [4.69, 9.17) is 5.73 Å². The Kier molecular flexibility index (Phi) is 4.04. The summed E-state index contributed by atoms with van der Waals surface area (Å²) >= 11 is 0. The SMILES string of the molecule is NCCCCN1c2ccccc2N(c2ccccc2)S1(=O)=O. The van der Waals surface area contributed by atoms with E-state index in [1.165, 1.54) is 8.61 Å². The molecular weight excluding hydrogens is 298 g/mol. The number of fused-ring (bicyclic) bond motifs is 1. The third-order valence-electron chi connectivity index (χ3n) is 3.68. The maximum Gasteiger partial charge on any atom is 0.330 e. The minimum atomic E-state index is -3.59. The van der Waals surface area contributed by atoms with E-state index in [-0.39, 0.29) is 0 Å². The number of anilines is 3. The Bertz CT molecular complexity index is 747. The first-order valence-electron chi connectivity index (χ1n) is 7.33. The van der Waals surface area contributed by atoms with Crippen molar-refractivity contribution in [2.75, 3.05) is 21.7 Å². The summed E-state index contributed by atoms with van der Waals surface area (Å²) in [4.78, 5) is 0. The molecule has 0 amide bonds. The summed E-state index contributed by atoms with van der Waals surface area (Å²) in [5, 5.41) is 0. The van der Waals surface area contributed by atoms with Gasteiger partial charge in [-0.3, -0.25) is 4.31 Å². The summed E-state index contributed by atoms with van der Waals surface area (Å²) in [7, 11) is -3.59. The van der Waals surface area contributed by atoms with Crippen molar-refractivity contribution in [2.45, 2.75) is 12.8 Å². The lowest BCUT2D eigenvalue weighted by atomic mass is 10.2. The van der Waals surface area contributed by atoms with Gasteiger partial charge in [0.05, 0.1) is 17.1 Å². The number of hydrogen-bond acceptors (Lipinski definition) is 3. The molecule has 0 spiro atoms. The standard InChI is InChI=1S/C16H19N3O2S/c17-12-6-7-13-18-15-10-4-5-11-16(15)19(22(18,20)21)14-8-2-1-3-9-14/h1-5,8-11H,6-7,12-13,17H2. The van der Waals surface area contributed by atoms with Gasteiger partial charge in [-0.05, 0) is 43.7 Å². The van der Waals surface area contributed by atoms with Crippen LogP contribution in [0.2, 0.25) is 0 Å². The van der Waals surface area contributed by atoms with E-state index in [1.54, 1.807) is 12.1 Å². The monoisotopic (exact) mass is 317 g/mol. The lowest BCUT2D eigenvalue weighted by Crippen LogP contribution is -2.36. The Labute approximate surface area is 131 Å². The highest BCUT2D eigenvalue weighted by Gasteiger charge is 2.40. The van der Waals surface area contributed by atoms with E-state index in [0.29, 0.717) is 24.5 Å². The van der Waals surface area contributed by atoms with Crippen LogP contribution in [-0.2, 0) is 10.2 Å². The first-order valence-corrected chi connectivity index (χ1v) is 8.73. The topological polar surface area (TPSA) is 66.6 Å². The summed E-state index contributed by atoms with van der Waals surface area (Å²) in [6, 6.07) is 16.6. The third-order valence-corrected chi connectivity index (χ3v) is 5.49. The second kappa shape index (κ2) is 5.98. The molecule has 0 aliphatic carbocycles. The molecule has 6 heteroatoms. The van der Waals surface area contributed by atoms with Crippen LogP contribution in [0.25, 0.3) is 0 Å². The van der Waals surface area contributed by atoms with Crippen molar-refractivity contribution in [1.82, 2.24) is 0 Å². The van der Waals surface area contributed by atoms with Crippen molar-refractivity contribution >= 4 is 27.3 Å². The number of para-hydroxylation sites is 3. The van der Waals surface area contributed by atoms with E-state index in [1.807, 2.05) is 42.5 Å². The highest BCUT2D eigenvalue weighted by Crippen LogP contribution is 2.44. The molecule has 0 saturated heterocycles. The molecule has 1 heterocycles. The van der Waals surface area contributed by atoms with Crippen molar-refractivity contribution in [1.29, 1.82) is 0 Å². The molecule has 0 atom stereocenters. The van der Waals surface area contributed by atoms with E-state index < -0.39 is 10.2 Å². The summed E-state index contributed by atoms with van der Waals surface area (Å²) < 4.78 is 28.8. The molecule has 1 aliphatic heterocycles. The number of nitrogens with two attached hydrogens (primary N) is 1. The Morgan fingerprint density at radius 2 is 1.50 bits per heavy atom. The van der Waals surface area contributed by atoms with Gasteiger partial charge in [0.25, 0.3) is 0 Å². The van der Waals surface area contributed by atoms with Crippen LogP contribution in [0.4, 0.5) is 17.1 Å². The molecule has 0 radical (unpaired) electrons. The van der Waals surface area contributed by atoms with Crippen LogP contribution in [0.1, 0.15) is 12.8 Å². The first kappa shape index (κ1) is 14.9. The Morgan fingerprint density at radius 3 is 2.18 bits per heavy atom. The molecule has 0 aromatic heterocycles. The Hall–Kier alpha value is -2.05. The fourth-order valence-electron chi connectivity index (χ4n) is 2.67. The van der Waals surface area contributed by atoms with Gasteiger partial charge >= 0.3 is 10.2 Å². The molecular formula is C16H19N3O2S. The van der Waals surface area contributed by atoms with E-state index >= 15 is 0 Å². The summed E-state index contributed by atoms with van der Waals surface area (Å²) in [5.41, 5.74) is 7.59. The van der Waals surface area contributed by atoms with Crippen LogP contribution < -0.4 is 14.3 Å². The minimum Gasteiger partial charge on any atom is -0.330 e. The average Bonchev–Trinajstić information content (AvgIpc) is 2.75. The Morgan fingerprint density at radius 1 is 0.864 bits per heavy atom. The first-order chi connectivity index (χ1) is 10.7. The largest absolute Gasteiger partial charge is 0.330 e. The summed E-state index contributed by atoms with van der Waals surface area (Å²) in [6.07, 6.45) is 1.55. The van der Waals surface area contributed by atoms with Crippen LogP contribution in [0.3, 0.4) is 0 Å². The summed E-state index contributed by atoms with van der Waals surface area (Å²) in [5.74, 6) is 0. The van der Waals surface area contributed by atoms with Gasteiger partial charge in [0.1, 0.15) is 0 Å². The van der Waals surface area contributed by atoms with Gasteiger partial charge in [-0.1, -0.05) is 30.3 Å². The number of hydrogen-bond donors (Lipinski definition) is 1. The van der Waals surface area contributed by atoms with Crippen molar-refractivity contribution in [3.63, 3.8) is 0 Å². The molecule has 0 fully saturated rings. The molecule has 0 saturated carbocycles. The lowest BCUT2D eigenvalue weighted by Gasteiger charge is -2.21. The third kappa shape index (κ3) is 2.44. The molecule has 0 bridgehead atoms. The number of benzene rings is 2. The van der Waals surface area contributed by atoms with Gasteiger partial charge in [-0.2, -0.15) is 8.42 Å². The average molecular weight is 317 g/mol. The van der Waals surface area contributed by atoms with E-state index in [2.05, 4.69) is 0 Å². The highest BCUT2D eigenvalue weighted by atomic mass is 32.2. The second-order valence-electron chi connectivity index (χ2n) is 5.16. The molecule has 116 valence electrons. The quantitative estimate of drug-likeness (QED) is 0.862. The molecule has 2 aromatic carbocycles. The number of rotatable bonds is 5. The molecule has 0 unspecified atom stereocenters. The second-order valence-corrected chi connectivity index (χ2v) is 6.87. The minimum absolute atomic E-state index is 0.444. The highest BCUT2D eigenvalue weighted by molar-refractivity contribution is 7.95. The fourth-order valence-corrected chi connectivity index (χ4v) is 4.42. The van der Waals surface area contributed by atoms with Gasteiger partial charge in [-0.25, -0.2) is 4.31 Å². The predicted octanol–water partition coefficient (Wildman–Crippen LogP) is 2.63. The van der Waals surface area contributed by atoms with Crippen molar-refractivity contribution < 1.29 is 8.42 Å². The van der Waals surface area contributed by atoms with E-state index in [0.717, 1.165) is 18.5 Å². The van der Waals surface area contributed by atoms with Gasteiger partial charge in [0.15, 0.2) is 0 Å². The fraction of sp³-hybridized carbons (Fsp3) is 0.250. The normalized spacial score (nSPS) is 15.9. The number of unbranched alkanes of at least 4 members (excludes halogenated alkanes) is 1. The van der Waals surface area contributed by atoms with Crippen LogP contribution in [0.5, 0.6) is 0 Å². The lowest BCUT2D eigenvalue weighted by molar-refractivity contribution is 0.591. The van der Waals surface area contributed by atoms with Crippen LogP contribution in [0.15, 0.2) is 54.6 Å². The maximum absolute atomic E-state index is 13.0. The zero-order valence-corrected chi connectivity index (χ0v) is 13.0. The smallest absolute Gasteiger partial charge is 0.330 e. The molecule has 1 aliphatic rings. The van der Waals surface area contributed by atoms with Gasteiger partial charge < -0.3 is 5.73 Å². The van der Waals surface area contributed by atoms with Crippen LogP contribution >= 0.6 is 0 Å². The number of nitrogens with zero attached hydrogens (tertiary/aromatic N) is 2. The van der Waals surface area contributed by atoms with E-state index in [9.17, 15) is 8.42 Å². The zero-order chi connectivity index (χ0) is 15.6. The molecule has 3 rings (SSSR count). The van der Waals surface area contributed by atoms with Gasteiger partial charge in [-0.15, -0.1) is 0 Å².